The lowest BCUT2D eigenvalue weighted by molar-refractivity contribution is 0.669. The maximum atomic E-state index is 6.46. The lowest BCUT2D eigenvalue weighted by Crippen LogP contribution is -2.23. The van der Waals surface area contributed by atoms with Gasteiger partial charge in [-0.1, -0.05) is 115 Å². The molecule has 0 saturated heterocycles. The average molecular weight is 679 g/mol. The van der Waals surface area contributed by atoms with Gasteiger partial charge in [-0.3, -0.25) is 0 Å². The molecule has 0 fully saturated rings. The monoisotopic (exact) mass is 678 g/mol. The maximum absolute atomic E-state index is 6.46. The first kappa shape index (κ1) is 29.8. The third-order valence-electron chi connectivity index (χ3n) is 11.5. The molecule has 3 heteroatoms. The molecule has 1 aliphatic carbocycles. The van der Waals surface area contributed by atoms with Gasteiger partial charge in [0.1, 0.15) is 11.2 Å². The fraction of sp³-hybridized carbons (Fsp3) is 0.0400. The van der Waals surface area contributed by atoms with Crippen LogP contribution in [0.2, 0.25) is 0 Å². The summed E-state index contributed by atoms with van der Waals surface area (Å²) in [7, 11) is 0. The van der Waals surface area contributed by atoms with Crippen molar-refractivity contribution in [1.29, 1.82) is 0 Å². The molecule has 8 aromatic carbocycles. The second-order valence-electron chi connectivity index (χ2n) is 14.3. The molecule has 53 heavy (non-hydrogen) atoms. The van der Waals surface area contributed by atoms with Gasteiger partial charge in [-0.25, -0.2) is 0 Å². The summed E-state index contributed by atoms with van der Waals surface area (Å²) in [5, 5.41) is 4.68. The molecule has 0 amide bonds. The largest absolute Gasteiger partial charge is 0.456 e. The highest BCUT2D eigenvalue weighted by Gasteiger charge is 2.40. The van der Waals surface area contributed by atoms with E-state index in [4.69, 9.17) is 4.42 Å². The molecule has 0 N–H and O–H groups in total. The Morgan fingerprint density at radius 1 is 0.434 bits per heavy atom. The van der Waals surface area contributed by atoms with Crippen LogP contribution in [0.3, 0.4) is 0 Å². The Balaban J connectivity index is 1.15. The molecule has 10 aromatic rings. The lowest BCUT2D eigenvalue weighted by atomic mass is 9.74. The Hall–Kier alpha value is -6.84. The van der Waals surface area contributed by atoms with E-state index in [0.29, 0.717) is 0 Å². The molecule has 0 saturated carbocycles. The number of benzene rings is 8. The van der Waals surface area contributed by atoms with E-state index < -0.39 is 0 Å². The van der Waals surface area contributed by atoms with Crippen LogP contribution in [0.25, 0.3) is 60.6 Å². The van der Waals surface area contributed by atoms with Crippen LogP contribution in [0.4, 0.5) is 17.1 Å². The Bertz CT molecular complexity index is 2990. The van der Waals surface area contributed by atoms with Crippen molar-refractivity contribution in [2.45, 2.75) is 12.3 Å². The third kappa shape index (κ3) is 4.34. The van der Waals surface area contributed by atoms with Gasteiger partial charge in [0, 0.05) is 55.8 Å². The fourth-order valence-corrected chi connectivity index (χ4v) is 8.98. The lowest BCUT2D eigenvalue weighted by Gasteiger charge is -2.31. The first-order valence-electron chi connectivity index (χ1n) is 18.3. The average Bonchev–Trinajstić information content (AvgIpc) is 3.85. The minimum Gasteiger partial charge on any atom is -0.456 e. The summed E-state index contributed by atoms with van der Waals surface area (Å²) in [6, 6.07) is 68.1. The maximum Gasteiger partial charge on any atom is 0.137 e. The standard InChI is InChI=1S/C50H34N2O/c1-50(44-22-9-5-18-38(44)39-19-6-10-23-45(39)50)33-14-13-17-35(30-33)51(37-26-28-42-41-21-8-12-25-48(41)53-49(42)32-37)36-27-29-47-43(31-36)40-20-7-11-24-46(40)52(47)34-15-3-2-4-16-34/h2-32H,1H3. The molecule has 0 bridgehead atoms. The molecular weight excluding hydrogens is 645 g/mol. The normalized spacial score (nSPS) is 13.2. The molecule has 3 nitrogen and oxygen atoms in total. The van der Waals surface area contributed by atoms with Gasteiger partial charge >= 0.3 is 0 Å². The van der Waals surface area contributed by atoms with Crippen LogP contribution >= 0.6 is 0 Å². The van der Waals surface area contributed by atoms with Gasteiger partial charge < -0.3 is 13.9 Å². The number of fused-ring (bicyclic) bond motifs is 9. The van der Waals surface area contributed by atoms with Crippen LogP contribution in [0.1, 0.15) is 23.6 Å². The van der Waals surface area contributed by atoms with Crippen molar-refractivity contribution in [3.05, 3.63) is 205 Å². The van der Waals surface area contributed by atoms with Crippen LogP contribution in [0.5, 0.6) is 0 Å². The summed E-state index contributed by atoms with van der Waals surface area (Å²) in [5.41, 5.74) is 14.7. The van der Waals surface area contributed by atoms with Gasteiger partial charge in [0.05, 0.1) is 11.0 Å². The van der Waals surface area contributed by atoms with E-state index in [1.54, 1.807) is 0 Å². The number of nitrogens with zero attached hydrogens (tertiary/aromatic N) is 2. The predicted octanol–water partition coefficient (Wildman–Crippen LogP) is 13.5. The van der Waals surface area contributed by atoms with E-state index in [1.807, 2.05) is 12.1 Å². The van der Waals surface area contributed by atoms with E-state index in [0.717, 1.165) is 44.7 Å². The van der Waals surface area contributed by atoms with Crippen molar-refractivity contribution in [3.8, 4) is 16.8 Å². The molecule has 1 aliphatic rings. The summed E-state index contributed by atoms with van der Waals surface area (Å²) in [4.78, 5) is 2.39. The molecule has 250 valence electrons. The summed E-state index contributed by atoms with van der Waals surface area (Å²) in [5.74, 6) is 0. The second-order valence-corrected chi connectivity index (χ2v) is 14.3. The highest BCUT2D eigenvalue weighted by molar-refractivity contribution is 6.11. The van der Waals surface area contributed by atoms with Gasteiger partial charge in [-0.15, -0.1) is 0 Å². The summed E-state index contributed by atoms with van der Waals surface area (Å²) in [6.07, 6.45) is 0. The minimum absolute atomic E-state index is 0.315. The molecule has 11 rings (SSSR count). The SMILES string of the molecule is CC1(c2cccc(N(c3ccc4c(c3)oc3ccccc34)c3ccc4c(c3)c3ccccc3n4-c3ccccc3)c2)c2ccccc2-c2ccccc21. The van der Waals surface area contributed by atoms with E-state index in [9.17, 15) is 0 Å². The zero-order valence-electron chi connectivity index (χ0n) is 29.2. The number of para-hydroxylation sites is 3. The summed E-state index contributed by atoms with van der Waals surface area (Å²) >= 11 is 0. The first-order chi connectivity index (χ1) is 26.2. The Labute approximate surface area is 307 Å². The third-order valence-corrected chi connectivity index (χ3v) is 11.5. The van der Waals surface area contributed by atoms with Crippen LogP contribution in [-0.2, 0) is 5.41 Å². The van der Waals surface area contributed by atoms with Crippen molar-refractivity contribution >= 4 is 60.8 Å². The summed E-state index contributed by atoms with van der Waals surface area (Å²) < 4.78 is 8.84. The van der Waals surface area contributed by atoms with Crippen molar-refractivity contribution < 1.29 is 4.42 Å². The van der Waals surface area contributed by atoms with Crippen molar-refractivity contribution in [2.75, 3.05) is 4.90 Å². The number of anilines is 3. The van der Waals surface area contributed by atoms with Crippen LogP contribution < -0.4 is 4.90 Å². The van der Waals surface area contributed by atoms with Crippen molar-refractivity contribution in [1.82, 2.24) is 4.57 Å². The highest BCUT2D eigenvalue weighted by Crippen LogP contribution is 2.53. The number of hydrogen-bond acceptors (Lipinski definition) is 2. The van der Waals surface area contributed by atoms with Gasteiger partial charge in [0.25, 0.3) is 0 Å². The number of rotatable bonds is 5. The number of hydrogen-bond donors (Lipinski definition) is 0. The Kier molecular flexibility index (Phi) is 6.38. The smallest absolute Gasteiger partial charge is 0.137 e. The van der Waals surface area contributed by atoms with E-state index in [-0.39, 0.29) is 5.41 Å². The first-order valence-corrected chi connectivity index (χ1v) is 18.3. The topological polar surface area (TPSA) is 21.3 Å². The van der Waals surface area contributed by atoms with Gasteiger partial charge in [-0.2, -0.15) is 0 Å². The molecule has 0 spiro atoms. The van der Waals surface area contributed by atoms with Gasteiger partial charge in [-0.05, 0) is 101 Å². The van der Waals surface area contributed by atoms with Crippen LogP contribution in [-0.4, -0.2) is 4.57 Å². The van der Waals surface area contributed by atoms with Crippen LogP contribution in [0.15, 0.2) is 192 Å². The summed E-state index contributed by atoms with van der Waals surface area (Å²) in [6.45, 7) is 2.38. The Morgan fingerprint density at radius 3 is 1.85 bits per heavy atom. The molecular formula is C50H34N2O. The second kappa shape index (κ2) is 11.3. The van der Waals surface area contributed by atoms with Crippen molar-refractivity contribution in [2.24, 2.45) is 0 Å². The van der Waals surface area contributed by atoms with Gasteiger partial charge in [0.15, 0.2) is 0 Å². The van der Waals surface area contributed by atoms with E-state index in [2.05, 4.69) is 192 Å². The molecule has 0 atom stereocenters. The predicted molar refractivity (Wildman–Crippen MR) is 220 cm³/mol. The van der Waals surface area contributed by atoms with E-state index in [1.165, 1.54) is 49.6 Å². The fourth-order valence-electron chi connectivity index (χ4n) is 8.98. The number of aromatic nitrogens is 1. The van der Waals surface area contributed by atoms with E-state index >= 15 is 0 Å². The Morgan fingerprint density at radius 2 is 1.04 bits per heavy atom. The molecule has 0 aliphatic heterocycles. The molecule has 0 radical (unpaired) electrons. The number of furan rings is 1. The quantitative estimate of drug-likeness (QED) is 0.181. The molecule has 2 heterocycles. The van der Waals surface area contributed by atoms with Gasteiger partial charge in [0.2, 0.25) is 0 Å². The minimum atomic E-state index is -0.315. The zero-order chi connectivity index (χ0) is 35.1. The van der Waals surface area contributed by atoms with Crippen molar-refractivity contribution in [3.63, 3.8) is 0 Å². The molecule has 2 aromatic heterocycles. The zero-order valence-corrected chi connectivity index (χ0v) is 29.2. The highest BCUT2D eigenvalue weighted by atomic mass is 16.3. The molecule has 0 unspecified atom stereocenters. The van der Waals surface area contributed by atoms with Crippen LogP contribution in [0, 0.1) is 0 Å².